The molecule has 0 amide bonds. The maximum atomic E-state index is 12.1. The van der Waals surface area contributed by atoms with Gasteiger partial charge in [0, 0.05) is 12.8 Å². The van der Waals surface area contributed by atoms with Crippen LogP contribution in [0.5, 0.6) is 0 Å². The van der Waals surface area contributed by atoms with E-state index >= 15 is 0 Å². The van der Waals surface area contributed by atoms with E-state index in [1.54, 1.807) is 0 Å². The molecule has 1 heterocycles. The smallest absolute Gasteiger partial charge is 0.308 e. The molecule has 0 aromatic carbocycles. The van der Waals surface area contributed by atoms with Gasteiger partial charge in [-0.2, -0.15) is 0 Å². The summed E-state index contributed by atoms with van der Waals surface area (Å²) in [5, 5.41) is 0. The first-order valence-corrected chi connectivity index (χ1v) is 8.39. The molecular formula is C17H28O4. The Morgan fingerprint density at radius 3 is 2.38 bits per heavy atom. The third-order valence-corrected chi connectivity index (χ3v) is 4.73. The molecule has 120 valence electrons. The summed E-state index contributed by atoms with van der Waals surface area (Å²) < 4.78 is 10.5. The molecule has 1 saturated carbocycles. The summed E-state index contributed by atoms with van der Waals surface area (Å²) in [5.41, 5.74) is -0.361. The Labute approximate surface area is 127 Å². The minimum Gasteiger partial charge on any atom is -0.469 e. The summed E-state index contributed by atoms with van der Waals surface area (Å²) in [6.45, 7) is 0.617. The van der Waals surface area contributed by atoms with Crippen LogP contribution in [-0.4, -0.2) is 31.1 Å². The molecule has 2 rings (SSSR count). The summed E-state index contributed by atoms with van der Waals surface area (Å²) in [7, 11) is 1.44. The van der Waals surface area contributed by atoms with Crippen LogP contribution in [0, 0.1) is 5.92 Å². The highest BCUT2D eigenvalue weighted by molar-refractivity contribution is 5.80. The second kappa shape index (κ2) is 7.92. The molecule has 2 unspecified atom stereocenters. The zero-order valence-electron chi connectivity index (χ0n) is 13.2. The number of rotatable bonds is 1. The van der Waals surface area contributed by atoms with Gasteiger partial charge in [0.05, 0.1) is 25.2 Å². The predicted molar refractivity (Wildman–Crippen MR) is 80.0 cm³/mol. The van der Waals surface area contributed by atoms with Gasteiger partial charge in [-0.25, -0.2) is 0 Å². The molecule has 0 aromatic rings. The molecule has 1 aliphatic heterocycles. The Morgan fingerprint density at radius 1 is 1.14 bits per heavy atom. The van der Waals surface area contributed by atoms with Crippen LogP contribution in [0.3, 0.4) is 0 Å². The molecule has 1 aliphatic carbocycles. The maximum Gasteiger partial charge on any atom is 0.308 e. The fraction of sp³-hybridized carbons (Fsp3) is 0.882. The summed E-state index contributed by atoms with van der Waals surface area (Å²) in [4.78, 5) is 24.0. The molecular weight excluding hydrogens is 268 g/mol. The highest BCUT2D eigenvalue weighted by Gasteiger charge is 2.48. The van der Waals surface area contributed by atoms with Crippen LogP contribution >= 0.6 is 0 Å². The number of methoxy groups -OCH3 is 1. The number of ether oxygens (including phenoxy) is 2. The summed E-state index contributed by atoms with van der Waals surface area (Å²) in [6.07, 6.45) is 10.7. The maximum absolute atomic E-state index is 12.1. The minimum atomic E-state index is -0.361. The SMILES string of the molecule is COC(=O)C1CCCCCCCCCC(=O)CC2(CO2)C1. The number of hydrogen-bond acceptors (Lipinski definition) is 4. The van der Waals surface area contributed by atoms with Crippen molar-refractivity contribution >= 4 is 11.8 Å². The molecule has 0 N–H and O–H groups in total. The number of esters is 1. The van der Waals surface area contributed by atoms with Crippen LogP contribution in [0.1, 0.15) is 70.6 Å². The van der Waals surface area contributed by atoms with Gasteiger partial charge >= 0.3 is 5.97 Å². The number of ketones is 1. The second-order valence-electron chi connectivity index (χ2n) is 6.62. The quantitative estimate of drug-likeness (QED) is 0.549. The Balaban J connectivity index is 1.95. The molecule has 4 heteroatoms. The average Bonchev–Trinajstić information content (AvgIpc) is 3.22. The highest BCUT2D eigenvalue weighted by atomic mass is 16.6. The summed E-state index contributed by atoms with van der Waals surface area (Å²) in [5.74, 6) is 0.0193. The van der Waals surface area contributed by atoms with Crippen LogP contribution in [0.2, 0.25) is 0 Å². The zero-order chi connectivity index (χ0) is 15.1. The van der Waals surface area contributed by atoms with E-state index in [1.165, 1.54) is 32.8 Å². The number of carbonyl (C=O) groups is 2. The molecule has 2 aliphatic rings. The van der Waals surface area contributed by atoms with Crippen LogP contribution < -0.4 is 0 Å². The average molecular weight is 296 g/mol. The fourth-order valence-corrected chi connectivity index (χ4v) is 3.36. The molecule has 1 spiro atoms. The number of carbonyl (C=O) groups excluding carboxylic acids is 2. The van der Waals surface area contributed by atoms with E-state index < -0.39 is 0 Å². The van der Waals surface area contributed by atoms with E-state index in [0.717, 1.165) is 25.7 Å². The molecule has 2 atom stereocenters. The molecule has 0 bridgehead atoms. The Hall–Kier alpha value is -0.900. The molecule has 2 fully saturated rings. The zero-order valence-corrected chi connectivity index (χ0v) is 13.2. The van der Waals surface area contributed by atoms with E-state index in [-0.39, 0.29) is 23.3 Å². The largest absolute Gasteiger partial charge is 0.469 e. The van der Waals surface area contributed by atoms with Crippen LogP contribution in [-0.2, 0) is 19.1 Å². The van der Waals surface area contributed by atoms with E-state index in [0.29, 0.717) is 25.9 Å². The number of epoxide rings is 1. The molecule has 0 radical (unpaired) electrons. The van der Waals surface area contributed by atoms with Crippen molar-refractivity contribution in [3.8, 4) is 0 Å². The van der Waals surface area contributed by atoms with E-state index in [1.807, 2.05) is 0 Å². The van der Waals surface area contributed by atoms with Gasteiger partial charge < -0.3 is 9.47 Å². The van der Waals surface area contributed by atoms with Crippen LogP contribution in [0.15, 0.2) is 0 Å². The second-order valence-corrected chi connectivity index (χ2v) is 6.62. The van der Waals surface area contributed by atoms with E-state index in [2.05, 4.69) is 0 Å². The van der Waals surface area contributed by atoms with Gasteiger partial charge in [-0.15, -0.1) is 0 Å². The minimum absolute atomic E-state index is 0.117. The van der Waals surface area contributed by atoms with Crippen LogP contribution in [0.4, 0.5) is 0 Å². The van der Waals surface area contributed by atoms with Crippen molar-refractivity contribution in [1.29, 1.82) is 0 Å². The van der Waals surface area contributed by atoms with Gasteiger partial charge in [-0.05, 0) is 19.3 Å². The van der Waals surface area contributed by atoms with Gasteiger partial charge in [0.2, 0.25) is 0 Å². The lowest BCUT2D eigenvalue weighted by molar-refractivity contribution is -0.146. The normalized spacial score (nSPS) is 32.4. The van der Waals surface area contributed by atoms with Crippen molar-refractivity contribution in [2.75, 3.05) is 13.7 Å². The first-order valence-electron chi connectivity index (χ1n) is 8.39. The predicted octanol–water partition coefficient (Wildman–Crippen LogP) is 3.42. The van der Waals surface area contributed by atoms with Gasteiger partial charge in [-0.1, -0.05) is 38.5 Å². The fourth-order valence-electron chi connectivity index (χ4n) is 3.36. The van der Waals surface area contributed by atoms with Crippen molar-refractivity contribution in [3.05, 3.63) is 0 Å². The summed E-state index contributed by atoms with van der Waals surface area (Å²) >= 11 is 0. The van der Waals surface area contributed by atoms with Crippen molar-refractivity contribution < 1.29 is 19.1 Å². The first kappa shape index (κ1) is 16.5. The molecule has 21 heavy (non-hydrogen) atoms. The third kappa shape index (κ3) is 5.42. The van der Waals surface area contributed by atoms with Gasteiger partial charge in [0.25, 0.3) is 0 Å². The van der Waals surface area contributed by atoms with Crippen molar-refractivity contribution in [2.45, 2.75) is 76.2 Å². The van der Waals surface area contributed by atoms with E-state index in [9.17, 15) is 9.59 Å². The molecule has 1 saturated heterocycles. The van der Waals surface area contributed by atoms with Gasteiger partial charge in [0.1, 0.15) is 5.78 Å². The molecule has 0 aromatic heterocycles. The monoisotopic (exact) mass is 296 g/mol. The lowest BCUT2D eigenvalue weighted by Crippen LogP contribution is -2.26. The lowest BCUT2D eigenvalue weighted by Gasteiger charge is -2.19. The Bertz CT molecular complexity index is 360. The Kier molecular flexibility index (Phi) is 6.22. The van der Waals surface area contributed by atoms with E-state index in [4.69, 9.17) is 9.47 Å². The standard InChI is InChI=1S/C17H28O4/c1-20-16(19)14-9-7-5-3-2-4-6-8-10-15(18)12-17(11-14)13-21-17/h14H,2-13H2,1H3. The molecule has 4 nitrogen and oxygen atoms in total. The highest BCUT2D eigenvalue weighted by Crippen LogP contribution is 2.40. The third-order valence-electron chi connectivity index (χ3n) is 4.73. The van der Waals surface area contributed by atoms with Gasteiger partial charge in [-0.3, -0.25) is 9.59 Å². The lowest BCUT2D eigenvalue weighted by atomic mass is 9.86. The van der Waals surface area contributed by atoms with Crippen LogP contribution in [0.25, 0.3) is 0 Å². The van der Waals surface area contributed by atoms with Crippen molar-refractivity contribution in [3.63, 3.8) is 0 Å². The number of hydrogen-bond donors (Lipinski definition) is 0. The van der Waals surface area contributed by atoms with Gasteiger partial charge in [0.15, 0.2) is 0 Å². The van der Waals surface area contributed by atoms with Crippen molar-refractivity contribution in [1.82, 2.24) is 0 Å². The topological polar surface area (TPSA) is 55.9 Å². The van der Waals surface area contributed by atoms with Crippen molar-refractivity contribution in [2.24, 2.45) is 5.92 Å². The Morgan fingerprint density at radius 2 is 1.76 bits per heavy atom. The number of Topliss-reactive ketones (excluding diaryl/α,β-unsaturated/α-hetero) is 1. The first-order chi connectivity index (χ1) is 10.2. The summed E-state index contributed by atoms with van der Waals surface area (Å²) in [6, 6.07) is 0.